The number of hydrogen-bond donors (Lipinski definition) is 2. The van der Waals surface area contributed by atoms with E-state index in [2.05, 4.69) is 5.32 Å². The molecule has 19 heavy (non-hydrogen) atoms. The number of nitrogens with one attached hydrogen (secondary N) is 1. The minimum absolute atomic E-state index is 0.0606. The van der Waals surface area contributed by atoms with Gasteiger partial charge in [-0.1, -0.05) is 18.2 Å². The average molecular weight is 262 g/mol. The number of amides is 1. The molecule has 0 atom stereocenters. The number of benzene rings is 1. The molecule has 1 fully saturated rings. The van der Waals surface area contributed by atoms with Crippen LogP contribution in [0.3, 0.4) is 0 Å². The lowest BCUT2D eigenvalue weighted by Gasteiger charge is -2.07. The van der Waals surface area contributed by atoms with Crippen LogP contribution >= 0.6 is 0 Å². The highest BCUT2D eigenvalue weighted by Gasteiger charge is 2.22. The molecule has 5 heteroatoms. The molecular weight excluding hydrogens is 244 g/mol. The minimum Gasteiger partial charge on any atom is -0.465 e. The van der Waals surface area contributed by atoms with Gasteiger partial charge in [0.1, 0.15) is 6.61 Å². The summed E-state index contributed by atoms with van der Waals surface area (Å²) in [6, 6.07) is 7.50. The van der Waals surface area contributed by atoms with Gasteiger partial charge in [-0.15, -0.1) is 0 Å². The monoisotopic (exact) mass is 262 g/mol. The normalized spacial score (nSPS) is 13.9. The summed E-state index contributed by atoms with van der Waals surface area (Å²) in [5, 5.41) is 2.84. The van der Waals surface area contributed by atoms with Crippen LogP contribution in [0.5, 0.6) is 0 Å². The Hall–Kier alpha value is -2.04. The number of anilines is 1. The van der Waals surface area contributed by atoms with E-state index in [0.717, 1.165) is 18.4 Å². The smallest absolute Gasteiger partial charge is 0.310 e. The SMILES string of the molecule is Nc1ccccc1CC(=O)OCCC(=O)NC1CC1. The molecule has 0 radical (unpaired) electrons. The van der Waals surface area contributed by atoms with E-state index in [1.165, 1.54) is 0 Å². The Morgan fingerprint density at radius 1 is 1.32 bits per heavy atom. The van der Waals surface area contributed by atoms with Gasteiger partial charge in [-0.3, -0.25) is 9.59 Å². The topological polar surface area (TPSA) is 81.4 Å². The van der Waals surface area contributed by atoms with Crippen molar-refractivity contribution in [2.24, 2.45) is 0 Å². The Morgan fingerprint density at radius 3 is 2.74 bits per heavy atom. The van der Waals surface area contributed by atoms with Gasteiger partial charge in [-0.05, 0) is 24.5 Å². The highest BCUT2D eigenvalue weighted by atomic mass is 16.5. The lowest BCUT2D eigenvalue weighted by Crippen LogP contribution is -2.26. The third kappa shape index (κ3) is 4.62. The Labute approximate surface area is 112 Å². The maximum absolute atomic E-state index is 11.6. The van der Waals surface area contributed by atoms with Crippen LogP contribution in [0.25, 0.3) is 0 Å². The van der Waals surface area contributed by atoms with Gasteiger partial charge < -0.3 is 15.8 Å². The van der Waals surface area contributed by atoms with E-state index in [1.54, 1.807) is 12.1 Å². The molecule has 102 valence electrons. The van der Waals surface area contributed by atoms with E-state index >= 15 is 0 Å². The number of esters is 1. The number of carbonyl (C=O) groups excluding carboxylic acids is 2. The van der Waals surface area contributed by atoms with Crippen LogP contribution in [0.15, 0.2) is 24.3 Å². The van der Waals surface area contributed by atoms with Crippen LogP contribution in [0, 0.1) is 0 Å². The molecular formula is C14H18N2O3. The first-order valence-corrected chi connectivity index (χ1v) is 6.43. The molecule has 0 unspecified atom stereocenters. The molecule has 3 N–H and O–H groups in total. The molecule has 1 saturated carbocycles. The van der Waals surface area contributed by atoms with Crippen molar-refractivity contribution in [1.29, 1.82) is 0 Å². The van der Waals surface area contributed by atoms with E-state index in [-0.39, 0.29) is 31.3 Å². The number of rotatable bonds is 6. The maximum Gasteiger partial charge on any atom is 0.310 e. The summed E-state index contributed by atoms with van der Waals surface area (Å²) in [7, 11) is 0. The summed E-state index contributed by atoms with van der Waals surface area (Å²) >= 11 is 0. The van der Waals surface area contributed by atoms with E-state index in [9.17, 15) is 9.59 Å². The van der Waals surface area contributed by atoms with E-state index in [1.807, 2.05) is 12.1 Å². The molecule has 2 rings (SSSR count). The maximum atomic E-state index is 11.6. The molecule has 1 amide bonds. The van der Waals surface area contributed by atoms with E-state index < -0.39 is 0 Å². The third-order valence-electron chi connectivity index (χ3n) is 2.92. The molecule has 0 aliphatic heterocycles. The summed E-state index contributed by atoms with van der Waals surface area (Å²) < 4.78 is 5.02. The molecule has 0 aromatic heterocycles. The standard InChI is InChI=1S/C14H18N2O3/c15-12-4-2-1-3-10(12)9-14(18)19-8-7-13(17)16-11-5-6-11/h1-4,11H,5-9,15H2,(H,16,17). The number of hydrogen-bond acceptors (Lipinski definition) is 4. The molecule has 1 aliphatic rings. The molecule has 1 aromatic carbocycles. The Kier molecular flexibility index (Phi) is 4.39. The lowest BCUT2D eigenvalue weighted by atomic mass is 10.1. The van der Waals surface area contributed by atoms with Crippen molar-refractivity contribution in [1.82, 2.24) is 5.32 Å². The number of ether oxygens (including phenoxy) is 1. The van der Waals surface area contributed by atoms with Crippen LogP contribution in [0.1, 0.15) is 24.8 Å². The van der Waals surface area contributed by atoms with Gasteiger partial charge >= 0.3 is 5.97 Å². The fourth-order valence-corrected chi connectivity index (χ4v) is 1.69. The third-order valence-corrected chi connectivity index (χ3v) is 2.92. The van der Waals surface area contributed by atoms with E-state index in [4.69, 9.17) is 10.5 Å². The Bertz CT molecular complexity index is 470. The van der Waals surface area contributed by atoms with Gasteiger partial charge in [0.05, 0.1) is 12.8 Å². The second-order valence-electron chi connectivity index (χ2n) is 4.69. The first-order chi connectivity index (χ1) is 9.15. The number of carbonyl (C=O) groups is 2. The van der Waals surface area contributed by atoms with Crippen molar-refractivity contribution in [3.8, 4) is 0 Å². The molecule has 0 saturated heterocycles. The summed E-state index contributed by atoms with van der Waals surface area (Å²) in [6.07, 6.45) is 2.46. The predicted molar refractivity (Wildman–Crippen MR) is 71.3 cm³/mol. The first kappa shape index (κ1) is 13.4. The fraction of sp³-hybridized carbons (Fsp3) is 0.429. The quantitative estimate of drug-likeness (QED) is 0.592. The van der Waals surface area contributed by atoms with Crippen LogP contribution in [0.2, 0.25) is 0 Å². The van der Waals surface area contributed by atoms with Crippen LogP contribution in [-0.4, -0.2) is 24.5 Å². The van der Waals surface area contributed by atoms with Gasteiger partial charge in [0.2, 0.25) is 5.91 Å². The summed E-state index contributed by atoms with van der Waals surface area (Å²) in [5.41, 5.74) is 7.06. The molecule has 1 aromatic rings. The van der Waals surface area contributed by atoms with Crippen LogP contribution < -0.4 is 11.1 Å². The minimum atomic E-state index is -0.364. The largest absolute Gasteiger partial charge is 0.465 e. The highest BCUT2D eigenvalue weighted by Crippen LogP contribution is 2.18. The second kappa shape index (κ2) is 6.22. The zero-order valence-corrected chi connectivity index (χ0v) is 10.7. The van der Waals surface area contributed by atoms with Gasteiger partial charge in [0.15, 0.2) is 0 Å². The van der Waals surface area contributed by atoms with Crippen molar-refractivity contribution in [2.75, 3.05) is 12.3 Å². The van der Waals surface area contributed by atoms with Gasteiger partial charge in [0, 0.05) is 11.7 Å². The van der Waals surface area contributed by atoms with Crippen molar-refractivity contribution in [3.63, 3.8) is 0 Å². The van der Waals surface area contributed by atoms with E-state index in [0.29, 0.717) is 11.7 Å². The summed E-state index contributed by atoms with van der Waals surface area (Å²) in [5.74, 6) is -0.424. The molecule has 0 bridgehead atoms. The molecule has 1 aliphatic carbocycles. The highest BCUT2D eigenvalue weighted by molar-refractivity contribution is 5.78. The van der Waals surface area contributed by atoms with Crippen molar-refractivity contribution < 1.29 is 14.3 Å². The molecule has 0 heterocycles. The zero-order valence-electron chi connectivity index (χ0n) is 10.7. The average Bonchev–Trinajstić information content (AvgIpc) is 3.16. The van der Waals surface area contributed by atoms with Crippen molar-refractivity contribution in [3.05, 3.63) is 29.8 Å². The molecule has 5 nitrogen and oxygen atoms in total. The number of nitrogen functional groups attached to an aromatic ring is 1. The first-order valence-electron chi connectivity index (χ1n) is 6.43. The zero-order chi connectivity index (χ0) is 13.7. The fourth-order valence-electron chi connectivity index (χ4n) is 1.69. The Balaban J connectivity index is 1.66. The molecule has 0 spiro atoms. The second-order valence-corrected chi connectivity index (χ2v) is 4.69. The van der Waals surface area contributed by atoms with Crippen LogP contribution in [0.4, 0.5) is 5.69 Å². The summed E-state index contributed by atoms with van der Waals surface area (Å²) in [6.45, 7) is 0.115. The van der Waals surface area contributed by atoms with Gasteiger partial charge in [0.25, 0.3) is 0 Å². The van der Waals surface area contributed by atoms with Crippen LogP contribution in [-0.2, 0) is 20.7 Å². The van der Waals surface area contributed by atoms with Gasteiger partial charge in [-0.25, -0.2) is 0 Å². The number of nitrogens with two attached hydrogens (primary N) is 1. The van der Waals surface area contributed by atoms with Crippen molar-refractivity contribution in [2.45, 2.75) is 31.7 Å². The number of para-hydroxylation sites is 1. The Morgan fingerprint density at radius 2 is 2.05 bits per heavy atom. The predicted octanol–water partition coefficient (Wildman–Crippen LogP) is 1.02. The lowest BCUT2D eigenvalue weighted by molar-refractivity contribution is -0.143. The van der Waals surface area contributed by atoms with Gasteiger partial charge in [-0.2, -0.15) is 0 Å². The summed E-state index contributed by atoms with van der Waals surface area (Å²) in [4.78, 5) is 22.9. The van der Waals surface area contributed by atoms with Crippen molar-refractivity contribution >= 4 is 17.6 Å².